The predicted molar refractivity (Wildman–Crippen MR) is 66.1 cm³/mol. The number of hydrogen-bond donors (Lipinski definition) is 1. The van der Waals surface area contributed by atoms with E-state index in [1.54, 1.807) is 6.07 Å². The van der Waals surface area contributed by atoms with Crippen molar-refractivity contribution in [3.05, 3.63) is 27.9 Å². The van der Waals surface area contributed by atoms with E-state index >= 15 is 0 Å². The molecule has 1 aliphatic rings. The molecule has 0 unspecified atom stereocenters. The summed E-state index contributed by atoms with van der Waals surface area (Å²) in [5.74, 6) is 1.20. The molecule has 17 heavy (non-hydrogen) atoms. The van der Waals surface area contributed by atoms with Gasteiger partial charge in [0, 0.05) is 18.3 Å². The maximum atomic E-state index is 10.8. The molecular formula is C12H17N3O2. The third-order valence-electron chi connectivity index (χ3n) is 3.28. The molecule has 1 N–H and O–H groups in total. The number of aromatic nitrogens is 1. The normalized spacial score (nSPS) is 15.4. The van der Waals surface area contributed by atoms with Gasteiger partial charge in [0.2, 0.25) is 5.82 Å². The molecule has 1 aliphatic carbocycles. The Morgan fingerprint density at radius 3 is 2.88 bits per heavy atom. The zero-order chi connectivity index (χ0) is 12.3. The van der Waals surface area contributed by atoms with Crippen molar-refractivity contribution in [2.45, 2.75) is 32.6 Å². The SMILES string of the molecule is Cc1ccc([N+](=O)[O-])c(NCCC2CCC2)n1. The summed E-state index contributed by atoms with van der Waals surface area (Å²) >= 11 is 0. The summed E-state index contributed by atoms with van der Waals surface area (Å²) in [5, 5.41) is 13.9. The van der Waals surface area contributed by atoms with Crippen LogP contribution in [0.15, 0.2) is 12.1 Å². The van der Waals surface area contributed by atoms with Gasteiger partial charge in [-0.2, -0.15) is 0 Å². The van der Waals surface area contributed by atoms with Crippen LogP contribution >= 0.6 is 0 Å². The molecule has 0 aliphatic heterocycles. The third kappa shape index (κ3) is 2.93. The van der Waals surface area contributed by atoms with Gasteiger partial charge < -0.3 is 5.32 Å². The van der Waals surface area contributed by atoms with Gasteiger partial charge in [0.1, 0.15) is 0 Å². The molecule has 1 aromatic rings. The van der Waals surface area contributed by atoms with E-state index in [0.29, 0.717) is 5.82 Å². The van der Waals surface area contributed by atoms with Crippen molar-refractivity contribution >= 4 is 11.5 Å². The van der Waals surface area contributed by atoms with Crippen molar-refractivity contribution in [2.24, 2.45) is 5.92 Å². The minimum atomic E-state index is -0.391. The molecule has 0 saturated heterocycles. The smallest absolute Gasteiger partial charge is 0.311 e. The van der Waals surface area contributed by atoms with Gasteiger partial charge in [0.15, 0.2) is 0 Å². The van der Waals surface area contributed by atoms with Crippen LogP contribution in [0.2, 0.25) is 0 Å². The van der Waals surface area contributed by atoms with Gasteiger partial charge in [-0.25, -0.2) is 4.98 Å². The summed E-state index contributed by atoms with van der Waals surface area (Å²) in [7, 11) is 0. The lowest BCUT2D eigenvalue weighted by Crippen LogP contribution is -2.16. The van der Waals surface area contributed by atoms with Crippen LogP contribution in [0.3, 0.4) is 0 Å². The van der Waals surface area contributed by atoms with Gasteiger partial charge >= 0.3 is 5.69 Å². The highest BCUT2D eigenvalue weighted by Crippen LogP contribution is 2.29. The van der Waals surface area contributed by atoms with E-state index in [9.17, 15) is 10.1 Å². The Bertz CT molecular complexity index is 416. The molecule has 0 spiro atoms. The average Bonchev–Trinajstić information content (AvgIpc) is 2.21. The van der Waals surface area contributed by atoms with E-state index in [1.807, 2.05) is 6.92 Å². The van der Waals surface area contributed by atoms with Crippen LogP contribution in [0.1, 0.15) is 31.4 Å². The van der Waals surface area contributed by atoms with Crippen LogP contribution in [0.5, 0.6) is 0 Å². The van der Waals surface area contributed by atoms with Crippen LogP contribution in [-0.4, -0.2) is 16.5 Å². The number of pyridine rings is 1. The first kappa shape index (κ1) is 11.8. The molecule has 5 heteroatoms. The second kappa shape index (κ2) is 5.12. The highest BCUT2D eigenvalue weighted by atomic mass is 16.6. The summed E-state index contributed by atoms with van der Waals surface area (Å²) in [6.07, 6.45) is 5.00. The molecule has 1 heterocycles. The Hall–Kier alpha value is -1.65. The van der Waals surface area contributed by atoms with Crippen molar-refractivity contribution < 1.29 is 4.92 Å². The van der Waals surface area contributed by atoms with Crippen molar-refractivity contribution in [3.63, 3.8) is 0 Å². The van der Waals surface area contributed by atoms with E-state index in [1.165, 1.54) is 25.3 Å². The molecule has 0 bridgehead atoms. The van der Waals surface area contributed by atoms with Gasteiger partial charge in [0.05, 0.1) is 4.92 Å². The number of aryl methyl sites for hydroxylation is 1. The van der Waals surface area contributed by atoms with Gasteiger partial charge in [-0.1, -0.05) is 19.3 Å². The zero-order valence-corrected chi connectivity index (χ0v) is 9.98. The van der Waals surface area contributed by atoms with Crippen LogP contribution in [0.25, 0.3) is 0 Å². The number of hydrogen-bond acceptors (Lipinski definition) is 4. The first-order valence-corrected chi connectivity index (χ1v) is 6.02. The van der Waals surface area contributed by atoms with E-state index < -0.39 is 4.92 Å². The summed E-state index contributed by atoms with van der Waals surface area (Å²) in [4.78, 5) is 14.6. The van der Waals surface area contributed by atoms with Crippen molar-refractivity contribution in [1.29, 1.82) is 0 Å². The highest BCUT2D eigenvalue weighted by Gasteiger charge is 2.18. The summed E-state index contributed by atoms with van der Waals surface area (Å²) in [5.41, 5.74) is 0.853. The predicted octanol–water partition coefficient (Wildman–Crippen LogP) is 2.90. The topological polar surface area (TPSA) is 68.1 Å². The number of nitro groups is 1. The molecule has 92 valence electrons. The van der Waals surface area contributed by atoms with Crippen LogP contribution in [-0.2, 0) is 0 Å². The standard InChI is InChI=1S/C12H17N3O2/c1-9-5-6-11(15(16)17)12(14-9)13-8-7-10-3-2-4-10/h5-6,10H,2-4,7-8H2,1H3,(H,13,14). The first-order valence-electron chi connectivity index (χ1n) is 6.02. The summed E-state index contributed by atoms with van der Waals surface area (Å²) < 4.78 is 0. The highest BCUT2D eigenvalue weighted by molar-refractivity contribution is 5.55. The molecule has 0 aromatic carbocycles. The van der Waals surface area contributed by atoms with Gasteiger partial charge in [-0.15, -0.1) is 0 Å². The Morgan fingerprint density at radius 2 is 2.29 bits per heavy atom. The molecule has 5 nitrogen and oxygen atoms in total. The van der Waals surface area contributed by atoms with Crippen molar-refractivity contribution in [2.75, 3.05) is 11.9 Å². The first-order chi connectivity index (χ1) is 8.16. The number of nitrogens with one attached hydrogen (secondary N) is 1. The summed E-state index contributed by atoms with van der Waals surface area (Å²) in [6, 6.07) is 3.17. The molecular weight excluding hydrogens is 218 g/mol. The van der Waals surface area contributed by atoms with Gasteiger partial charge in [0.25, 0.3) is 0 Å². The monoisotopic (exact) mass is 235 g/mol. The Labute approximate surface area is 100 Å². The fraction of sp³-hybridized carbons (Fsp3) is 0.583. The number of anilines is 1. The van der Waals surface area contributed by atoms with E-state index in [-0.39, 0.29) is 5.69 Å². The Kier molecular flexibility index (Phi) is 3.56. The van der Waals surface area contributed by atoms with Crippen LogP contribution in [0, 0.1) is 23.0 Å². The molecule has 1 fully saturated rings. The van der Waals surface area contributed by atoms with Crippen LogP contribution in [0.4, 0.5) is 11.5 Å². The largest absolute Gasteiger partial charge is 0.364 e. The van der Waals surface area contributed by atoms with Gasteiger partial charge in [-0.3, -0.25) is 10.1 Å². The minimum Gasteiger partial charge on any atom is -0.364 e. The fourth-order valence-electron chi connectivity index (χ4n) is 2.00. The third-order valence-corrected chi connectivity index (χ3v) is 3.28. The molecule has 0 amide bonds. The van der Waals surface area contributed by atoms with E-state index in [4.69, 9.17) is 0 Å². The molecule has 1 aromatic heterocycles. The lowest BCUT2D eigenvalue weighted by molar-refractivity contribution is -0.384. The lowest BCUT2D eigenvalue weighted by atomic mass is 9.83. The van der Waals surface area contributed by atoms with Crippen molar-refractivity contribution in [1.82, 2.24) is 4.98 Å². The minimum absolute atomic E-state index is 0.0595. The second-order valence-electron chi connectivity index (χ2n) is 4.59. The average molecular weight is 235 g/mol. The maximum absolute atomic E-state index is 10.8. The van der Waals surface area contributed by atoms with Crippen molar-refractivity contribution in [3.8, 4) is 0 Å². The number of rotatable bonds is 5. The maximum Gasteiger partial charge on any atom is 0.311 e. The van der Waals surface area contributed by atoms with Crippen LogP contribution < -0.4 is 5.32 Å². The van der Waals surface area contributed by atoms with E-state index in [2.05, 4.69) is 10.3 Å². The quantitative estimate of drug-likeness (QED) is 0.629. The Balaban J connectivity index is 1.97. The zero-order valence-electron chi connectivity index (χ0n) is 9.98. The number of nitrogens with zero attached hydrogens (tertiary/aromatic N) is 2. The molecule has 0 atom stereocenters. The molecule has 1 saturated carbocycles. The fourth-order valence-corrected chi connectivity index (χ4v) is 2.00. The Morgan fingerprint density at radius 1 is 1.53 bits per heavy atom. The van der Waals surface area contributed by atoms with E-state index in [0.717, 1.165) is 24.6 Å². The molecule has 2 rings (SSSR count). The lowest BCUT2D eigenvalue weighted by Gasteiger charge is -2.25. The second-order valence-corrected chi connectivity index (χ2v) is 4.59. The van der Waals surface area contributed by atoms with Gasteiger partial charge in [-0.05, 0) is 25.3 Å². The summed E-state index contributed by atoms with van der Waals surface area (Å²) in [6.45, 7) is 2.60. The molecule has 0 radical (unpaired) electrons.